The number of benzene rings is 1. The van der Waals surface area contributed by atoms with Crippen LogP contribution in [0.4, 0.5) is 0 Å². The molecule has 1 aromatic carbocycles. The van der Waals surface area contributed by atoms with Gasteiger partial charge in [-0.2, -0.15) is 0 Å². The van der Waals surface area contributed by atoms with Gasteiger partial charge in [0.05, 0.1) is 0 Å². The SMILES string of the molecule is CN1CCN(CCCN(C[C@H]2CC=CCC2)C(=O)[C@@H]2C[C@H]2c2ccccc2)CC1. The Kier molecular flexibility index (Phi) is 7.04. The van der Waals surface area contributed by atoms with Gasteiger partial charge < -0.3 is 14.7 Å². The highest BCUT2D eigenvalue weighted by Gasteiger charge is 2.45. The van der Waals surface area contributed by atoms with Gasteiger partial charge in [0.1, 0.15) is 0 Å². The van der Waals surface area contributed by atoms with Gasteiger partial charge in [-0.25, -0.2) is 0 Å². The molecule has 0 spiro atoms. The molecule has 2 fully saturated rings. The van der Waals surface area contributed by atoms with Crippen LogP contribution in [0.3, 0.4) is 0 Å². The van der Waals surface area contributed by atoms with Gasteiger partial charge in [-0.05, 0) is 63.1 Å². The van der Waals surface area contributed by atoms with Gasteiger partial charge in [0, 0.05) is 45.2 Å². The third-order valence-corrected chi connectivity index (χ3v) is 7.00. The first kappa shape index (κ1) is 20.6. The minimum Gasteiger partial charge on any atom is -0.342 e. The van der Waals surface area contributed by atoms with E-state index in [-0.39, 0.29) is 5.92 Å². The van der Waals surface area contributed by atoms with Crippen LogP contribution in [0.2, 0.25) is 0 Å². The molecule has 3 aliphatic rings. The molecule has 4 rings (SSSR count). The van der Waals surface area contributed by atoms with E-state index in [1.165, 1.54) is 18.4 Å². The summed E-state index contributed by atoms with van der Waals surface area (Å²) in [6, 6.07) is 10.6. The van der Waals surface area contributed by atoms with Crippen molar-refractivity contribution in [3.05, 3.63) is 48.0 Å². The number of hydrogen-bond acceptors (Lipinski definition) is 3. The summed E-state index contributed by atoms with van der Waals surface area (Å²) < 4.78 is 0. The average molecular weight is 396 g/mol. The van der Waals surface area contributed by atoms with E-state index in [1.54, 1.807) is 0 Å². The first-order valence-electron chi connectivity index (χ1n) is 11.6. The molecule has 0 radical (unpaired) electrons. The second-order valence-corrected chi connectivity index (χ2v) is 9.29. The molecule has 4 nitrogen and oxygen atoms in total. The minimum atomic E-state index is 0.208. The molecule has 1 heterocycles. The number of likely N-dealkylation sites (N-methyl/N-ethyl adjacent to an activating group) is 1. The summed E-state index contributed by atoms with van der Waals surface area (Å²) in [5.74, 6) is 1.70. The molecule has 0 bridgehead atoms. The summed E-state index contributed by atoms with van der Waals surface area (Å²) in [7, 11) is 2.20. The van der Waals surface area contributed by atoms with Gasteiger partial charge in [-0.15, -0.1) is 0 Å². The molecule has 29 heavy (non-hydrogen) atoms. The Morgan fingerprint density at radius 1 is 1.10 bits per heavy atom. The number of rotatable bonds is 8. The average Bonchev–Trinajstić information content (AvgIpc) is 3.56. The second kappa shape index (κ2) is 9.90. The second-order valence-electron chi connectivity index (χ2n) is 9.29. The third kappa shape index (κ3) is 5.70. The highest BCUT2D eigenvalue weighted by atomic mass is 16.2. The molecular weight excluding hydrogens is 358 g/mol. The fraction of sp³-hybridized carbons (Fsp3) is 0.640. The quantitative estimate of drug-likeness (QED) is 0.629. The largest absolute Gasteiger partial charge is 0.342 e. The van der Waals surface area contributed by atoms with Crippen LogP contribution in [0.25, 0.3) is 0 Å². The lowest BCUT2D eigenvalue weighted by Gasteiger charge is -2.33. The molecule has 0 unspecified atom stereocenters. The van der Waals surface area contributed by atoms with E-state index < -0.39 is 0 Å². The zero-order chi connectivity index (χ0) is 20.1. The molecule has 0 N–H and O–H groups in total. The Morgan fingerprint density at radius 3 is 2.62 bits per heavy atom. The van der Waals surface area contributed by atoms with Crippen LogP contribution in [-0.2, 0) is 4.79 Å². The molecule has 2 aliphatic carbocycles. The number of carbonyl (C=O) groups is 1. The number of nitrogens with zero attached hydrogens (tertiary/aromatic N) is 3. The van der Waals surface area contributed by atoms with E-state index in [9.17, 15) is 4.79 Å². The van der Waals surface area contributed by atoms with Crippen molar-refractivity contribution in [1.29, 1.82) is 0 Å². The fourth-order valence-corrected chi connectivity index (χ4v) is 4.95. The minimum absolute atomic E-state index is 0.208. The van der Waals surface area contributed by atoms with Gasteiger partial charge in [-0.3, -0.25) is 4.79 Å². The van der Waals surface area contributed by atoms with Crippen LogP contribution < -0.4 is 0 Å². The summed E-state index contributed by atoms with van der Waals surface area (Å²) in [5.41, 5.74) is 1.34. The third-order valence-electron chi connectivity index (χ3n) is 7.00. The van der Waals surface area contributed by atoms with Crippen LogP contribution in [0.5, 0.6) is 0 Å². The van der Waals surface area contributed by atoms with Crippen LogP contribution >= 0.6 is 0 Å². The molecule has 3 atom stereocenters. The first-order chi connectivity index (χ1) is 14.2. The number of carbonyl (C=O) groups excluding carboxylic acids is 1. The summed E-state index contributed by atoms with van der Waals surface area (Å²) in [4.78, 5) is 20.6. The van der Waals surface area contributed by atoms with Crippen molar-refractivity contribution >= 4 is 5.91 Å². The van der Waals surface area contributed by atoms with Crippen molar-refractivity contribution < 1.29 is 4.79 Å². The maximum absolute atomic E-state index is 13.4. The highest BCUT2D eigenvalue weighted by Crippen LogP contribution is 2.48. The van der Waals surface area contributed by atoms with Crippen molar-refractivity contribution in [1.82, 2.24) is 14.7 Å². The molecular formula is C25H37N3O. The van der Waals surface area contributed by atoms with Crippen LogP contribution in [-0.4, -0.2) is 73.5 Å². The number of amides is 1. The number of piperazine rings is 1. The van der Waals surface area contributed by atoms with E-state index in [4.69, 9.17) is 0 Å². The Hall–Kier alpha value is -1.65. The summed E-state index contributed by atoms with van der Waals surface area (Å²) >= 11 is 0. The molecule has 1 aromatic rings. The van der Waals surface area contributed by atoms with E-state index >= 15 is 0 Å². The number of allylic oxidation sites excluding steroid dienone is 2. The predicted molar refractivity (Wildman–Crippen MR) is 119 cm³/mol. The van der Waals surface area contributed by atoms with Gasteiger partial charge in [0.25, 0.3) is 0 Å². The van der Waals surface area contributed by atoms with E-state index in [0.29, 0.717) is 17.7 Å². The molecule has 1 aliphatic heterocycles. The topological polar surface area (TPSA) is 26.8 Å². The van der Waals surface area contributed by atoms with Gasteiger partial charge in [0.2, 0.25) is 5.91 Å². The van der Waals surface area contributed by atoms with Crippen molar-refractivity contribution in [2.45, 2.75) is 38.0 Å². The molecule has 1 saturated carbocycles. The molecule has 1 amide bonds. The summed E-state index contributed by atoms with van der Waals surface area (Å²) in [6.07, 6.45) is 10.3. The standard InChI is InChI=1S/C25H37N3O/c1-26-15-17-27(18-16-26)13-8-14-28(20-21-9-4-2-5-10-21)25(29)24-19-23(24)22-11-6-3-7-12-22/h2-4,6-7,11-12,21,23-24H,5,8-10,13-20H2,1H3/t21-,23-,24+/m0/s1. The Labute approximate surface area is 176 Å². The van der Waals surface area contributed by atoms with Crippen LogP contribution in [0, 0.1) is 11.8 Å². The lowest BCUT2D eigenvalue weighted by Crippen LogP contribution is -2.45. The van der Waals surface area contributed by atoms with Crippen molar-refractivity contribution in [2.24, 2.45) is 11.8 Å². The zero-order valence-electron chi connectivity index (χ0n) is 18.0. The maximum Gasteiger partial charge on any atom is 0.226 e. The predicted octanol–water partition coefficient (Wildman–Crippen LogP) is 3.61. The van der Waals surface area contributed by atoms with Crippen molar-refractivity contribution in [2.75, 3.05) is 52.9 Å². The molecule has 1 saturated heterocycles. The first-order valence-corrected chi connectivity index (χ1v) is 11.6. The maximum atomic E-state index is 13.4. The normalized spacial score (nSPS) is 27.7. The smallest absolute Gasteiger partial charge is 0.226 e. The van der Waals surface area contributed by atoms with Crippen molar-refractivity contribution in [3.8, 4) is 0 Å². The fourth-order valence-electron chi connectivity index (χ4n) is 4.95. The zero-order valence-corrected chi connectivity index (χ0v) is 18.0. The van der Waals surface area contributed by atoms with Crippen LogP contribution in [0.1, 0.15) is 43.6 Å². The Morgan fingerprint density at radius 2 is 1.90 bits per heavy atom. The van der Waals surface area contributed by atoms with Crippen molar-refractivity contribution in [3.63, 3.8) is 0 Å². The molecule has 4 heteroatoms. The van der Waals surface area contributed by atoms with Gasteiger partial charge in [-0.1, -0.05) is 42.5 Å². The Bertz CT molecular complexity index is 681. The monoisotopic (exact) mass is 395 g/mol. The van der Waals surface area contributed by atoms with E-state index in [0.717, 1.165) is 65.1 Å². The summed E-state index contributed by atoms with van der Waals surface area (Å²) in [5, 5.41) is 0. The number of hydrogen-bond donors (Lipinski definition) is 0. The van der Waals surface area contributed by atoms with E-state index in [1.807, 2.05) is 0 Å². The summed E-state index contributed by atoms with van der Waals surface area (Å²) in [6.45, 7) is 7.64. The Balaban J connectivity index is 1.32. The highest BCUT2D eigenvalue weighted by molar-refractivity contribution is 5.83. The molecule has 158 valence electrons. The lowest BCUT2D eigenvalue weighted by atomic mass is 9.93. The van der Waals surface area contributed by atoms with Crippen LogP contribution in [0.15, 0.2) is 42.5 Å². The van der Waals surface area contributed by atoms with E-state index in [2.05, 4.69) is 64.2 Å². The molecule has 0 aromatic heterocycles. The van der Waals surface area contributed by atoms with Gasteiger partial charge in [0.15, 0.2) is 0 Å². The lowest BCUT2D eigenvalue weighted by molar-refractivity contribution is -0.133. The van der Waals surface area contributed by atoms with Gasteiger partial charge >= 0.3 is 0 Å².